The molecule has 40 heavy (non-hydrogen) atoms. The molecule has 1 atom stereocenters. The maximum atomic E-state index is 12.9. The predicted molar refractivity (Wildman–Crippen MR) is 123 cm³/mol. The van der Waals surface area contributed by atoms with Gasteiger partial charge in [0.2, 0.25) is 0 Å². The number of nitrogens with zero attached hydrogens (tertiary/aromatic N) is 4. The molecule has 4 rings (SSSR count). The first-order valence-electron chi connectivity index (χ1n) is 11.3. The van der Waals surface area contributed by atoms with Gasteiger partial charge in [-0.1, -0.05) is 6.07 Å². The SMILES string of the molecule is O=C(O)C(F)(F)F.O=C(O)C(F)(F)F.O=C(c1cn2ccccc2n1)N1CCN(Cc2ccco2)C(CCO)C1. The van der Waals surface area contributed by atoms with Crippen molar-refractivity contribution in [1.82, 2.24) is 19.2 Å². The Balaban J connectivity index is 0.000000333. The van der Waals surface area contributed by atoms with Crippen LogP contribution in [0.4, 0.5) is 26.3 Å². The van der Waals surface area contributed by atoms with Crippen LogP contribution in [0.3, 0.4) is 0 Å². The van der Waals surface area contributed by atoms with Gasteiger partial charge < -0.3 is 29.0 Å². The Morgan fingerprint density at radius 3 is 2.10 bits per heavy atom. The van der Waals surface area contributed by atoms with Crippen molar-refractivity contribution in [3.8, 4) is 0 Å². The van der Waals surface area contributed by atoms with Crippen molar-refractivity contribution in [2.45, 2.75) is 31.4 Å². The van der Waals surface area contributed by atoms with Gasteiger partial charge in [-0.05, 0) is 30.7 Å². The molecule has 0 aliphatic carbocycles. The summed E-state index contributed by atoms with van der Waals surface area (Å²) < 4.78 is 70.8. The zero-order chi connectivity index (χ0) is 30.1. The number of hydrogen-bond acceptors (Lipinski definition) is 7. The number of halogens is 6. The summed E-state index contributed by atoms with van der Waals surface area (Å²) in [6.45, 7) is 2.73. The quantitative estimate of drug-likeness (QED) is 0.386. The molecule has 1 fully saturated rings. The van der Waals surface area contributed by atoms with Gasteiger partial charge >= 0.3 is 24.3 Å². The van der Waals surface area contributed by atoms with E-state index >= 15 is 0 Å². The lowest BCUT2D eigenvalue weighted by atomic mass is 10.1. The third-order valence-electron chi connectivity index (χ3n) is 5.36. The molecule has 11 nitrogen and oxygen atoms in total. The van der Waals surface area contributed by atoms with E-state index in [9.17, 15) is 36.2 Å². The number of aliphatic hydroxyl groups is 1. The van der Waals surface area contributed by atoms with Gasteiger partial charge in [-0.2, -0.15) is 26.3 Å². The van der Waals surface area contributed by atoms with Gasteiger partial charge in [0.25, 0.3) is 5.91 Å². The van der Waals surface area contributed by atoms with Crippen molar-refractivity contribution >= 4 is 23.5 Å². The molecule has 0 bridgehead atoms. The number of carboxylic acids is 2. The average molecular weight is 582 g/mol. The molecule has 1 unspecified atom stereocenters. The summed E-state index contributed by atoms with van der Waals surface area (Å²) >= 11 is 0. The molecule has 220 valence electrons. The highest BCUT2D eigenvalue weighted by atomic mass is 19.4. The van der Waals surface area contributed by atoms with E-state index in [2.05, 4.69) is 9.88 Å². The first-order chi connectivity index (χ1) is 18.6. The number of pyridine rings is 1. The molecule has 1 aliphatic rings. The number of carbonyl (C=O) groups excluding carboxylic acids is 1. The van der Waals surface area contributed by atoms with Crippen molar-refractivity contribution in [3.63, 3.8) is 0 Å². The monoisotopic (exact) mass is 582 g/mol. The number of piperazine rings is 1. The number of carboxylic acid groups (broad SMARTS) is 2. The minimum Gasteiger partial charge on any atom is -0.475 e. The van der Waals surface area contributed by atoms with Crippen molar-refractivity contribution in [2.24, 2.45) is 0 Å². The van der Waals surface area contributed by atoms with E-state index in [1.54, 1.807) is 12.5 Å². The number of hydrogen-bond donors (Lipinski definition) is 3. The van der Waals surface area contributed by atoms with Crippen LogP contribution in [0, 0.1) is 0 Å². The maximum absolute atomic E-state index is 12.9. The summed E-state index contributed by atoms with van der Waals surface area (Å²) in [7, 11) is 0. The van der Waals surface area contributed by atoms with E-state index in [-0.39, 0.29) is 18.6 Å². The number of carbonyl (C=O) groups is 3. The lowest BCUT2D eigenvalue weighted by molar-refractivity contribution is -0.193. The number of aliphatic carboxylic acids is 2. The molecular formula is C23H24F6N4O7. The van der Waals surface area contributed by atoms with Crippen molar-refractivity contribution in [1.29, 1.82) is 0 Å². The highest BCUT2D eigenvalue weighted by Gasteiger charge is 2.39. The Bertz CT molecular complexity index is 1200. The van der Waals surface area contributed by atoms with Gasteiger partial charge in [0.1, 0.15) is 17.1 Å². The van der Waals surface area contributed by atoms with Gasteiger partial charge in [-0.3, -0.25) is 9.69 Å². The molecule has 0 aromatic carbocycles. The normalized spacial score (nSPS) is 16.0. The van der Waals surface area contributed by atoms with Crippen LogP contribution in [0.25, 0.3) is 5.65 Å². The van der Waals surface area contributed by atoms with Crippen molar-refractivity contribution in [2.75, 3.05) is 26.2 Å². The minimum atomic E-state index is -5.08. The second-order valence-electron chi connectivity index (χ2n) is 8.17. The first kappa shape index (κ1) is 32.1. The van der Waals surface area contributed by atoms with Crippen molar-refractivity contribution < 1.29 is 60.5 Å². The number of alkyl halides is 6. The average Bonchev–Trinajstić information content (AvgIpc) is 3.54. The number of furan rings is 1. The molecule has 17 heteroatoms. The summed E-state index contributed by atoms with van der Waals surface area (Å²) in [6.07, 6.45) is -4.22. The second kappa shape index (κ2) is 13.8. The lowest BCUT2D eigenvalue weighted by Crippen LogP contribution is -2.54. The predicted octanol–water partition coefficient (Wildman–Crippen LogP) is 2.90. The number of rotatable bonds is 5. The topological polar surface area (TPSA) is 149 Å². The number of fused-ring (bicyclic) bond motifs is 1. The van der Waals surface area contributed by atoms with E-state index < -0.39 is 24.3 Å². The number of aromatic nitrogens is 2. The smallest absolute Gasteiger partial charge is 0.475 e. The number of amides is 1. The van der Waals surface area contributed by atoms with Gasteiger partial charge in [-0.25, -0.2) is 14.6 Å². The zero-order valence-electron chi connectivity index (χ0n) is 20.5. The number of imidazole rings is 1. The van der Waals surface area contributed by atoms with E-state index in [0.717, 1.165) is 18.0 Å². The van der Waals surface area contributed by atoms with Crippen LogP contribution in [0.5, 0.6) is 0 Å². The molecule has 1 saturated heterocycles. The van der Waals surface area contributed by atoms with Crippen LogP contribution < -0.4 is 0 Å². The van der Waals surface area contributed by atoms with Crippen LogP contribution in [0.1, 0.15) is 22.7 Å². The lowest BCUT2D eigenvalue weighted by Gasteiger charge is -2.40. The highest BCUT2D eigenvalue weighted by Crippen LogP contribution is 2.19. The molecule has 4 heterocycles. The van der Waals surface area contributed by atoms with Crippen LogP contribution in [-0.2, 0) is 16.1 Å². The van der Waals surface area contributed by atoms with Crippen molar-refractivity contribution in [3.05, 3.63) is 60.4 Å². The van der Waals surface area contributed by atoms with E-state index in [0.29, 0.717) is 31.7 Å². The summed E-state index contributed by atoms with van der Waals surface area (Å²) in [5, 5.41) is 23.7. The number of aliphatic hydroxyl groups excluding tert-OH is 1. The summed E-state index contributed by atoms with van der Waals surface area (Å²) in [5.74, 6) is -4.68. The fraction of sp³-hybridized carbons (Fsp3) is 0.391. The van der Waals surface area contributed by atoms with Gasteiger partial charge in [0.05, 0.1) is 12.8 Å². The molecular weight excluding hydrogens is 558 g/mol. The van der Waals surface area contributed by atoms with Gasteiger partial charge in [0.15, 0.2) is 0 Å². The summed E-state index contributed by atoms with van der Waals surface area (Å²) in [4.78, 5) is 39.2. The Morgan fingerprint density at radius 2 is 1.60 bits per heavy atom. The van der Waals surface area contributed by atoms with Gasteiger partial charge in [0, 0.05) is 44.7 Å². The van der Waals surface area contributed by atoms with E-state index in [4.69, 9.17) is 24.2 Å². The van der Waals surface area contributed by atoms with Crippen LogP contribution in [0.15, 0.2) is 53.4 Å². The molecule has 3 aromatic rings. The Labute approximate surface area is 221 Å². The Kier molecular flexibility index (Phi) is 11.1. The van der Waals surface area contributed by atoms with Crippen LogP contribution in [-0.4, -0.2) is 97.0 Å². The fourth-order valence-corrected chi connectivity index (χ4v) is 3.51. The Hall–Kier alpha value is -4.12. The zero-order valence-corrected chi connectivity index (χ0v) is 20.5. The summed E-state index contributed by atoms with van der Waals surface area (Å²) in [6, 6.07) is 9.62. The van der Waals surface area contributed by atoms with Crippen LogP contribution in [0.2, 0.25) is 0 Å². The molecule has 1 aliphatic heterocycles. The summed E-state index contributed by atoms with van der Waals surface area (Å²) in [5.41, 5.74) is 1.22. The van der Waals surface area contributed by atoms with Gasteiger partial charge in [-0.15, -0.1) is 0 Å². The standard InChI is InChI=1S/C19H22N4O3.2C2HF3O2/c24-10-6-15-12-23(9-8-21(15)13-16-4-3-11-26-16)19(25)17-14-22-7-2-1-5-18(22)20-17;2*3-2(4,5)1(6)7/h1-5,7,11,14-15,24H,6,8-10,12-13H2;2*(H,6,7). The molecule has 0 saturated carbocycles. The molecule has 3 aromatic heterocycles. The van der Waals surface area contributed by atoms with Crippen LogP contribution >= 0.6 is 0 Å². The molecule has 3 N–H and O–H groups in total. The van der Waals surface area contributed by atoms with E-state index in [1.807, 2.05) is 45.8 Å². The molecule has 0 radical (unpaired) electrons. The molecule has 0 spiro atoms. The third-order valence-corrected chi connectivity index (χ3v) is 5.36. The first-order valence-corrected chi connectivity index (χ1v) is 11.3. The maximum Gasteiger partial charge on any atom is 0.490 e. The largest absolute Gasteiger partial charge is 0.490 e. The van der Waals surface area contributed by atoms with E-state index in [1.165, 1.54) is 0 Å². The minimum absolute atomic E-state index is 0.0608. The fourth-order valence-electron chi connectivity index (χ4n) is 3.51. The molecule has 1 amide bonds. The Morgan fingerprint density at radius 1 is 0.975 bits per heavy atom. The third kappa shape index (κ3) is 9.57. The highest BCUT2D eigenvalue weighted by molar-refractivity contribution is 5.93. The second-order valence-corrected chi connectivity index (χ2v) is 8.17.